The van der Waals surface area contributed by atoms with E-state index in [9.17, 15) is 9.90 Å². The van der Waals surface area contributed by atoms with Crippen LogP contribution in [-0.4, -0.2) is 73.7 Å². The lowest BCUT2D eigenvalue weighted by Crippen LogP contribution is -2.50. The summed E-state index contributed by atoms with van der Waals surface area (Å²) in [4.78, 5) is 14.2. The lowest BCUT2D eigenvalue weighted by Gasteiger charge is -2.29. The molecule has 1 aromatic carbocycles. The van der Waals surface area contributed by atoms with E-state index in [-0.39, 0.29) is 18.2 Å². The number of aliphatic hydroxyl groups is 1. The molecule has 2 heterocycles. The number of aliphatic hydroxyl groups excluding tert-OH is 1. The minimum absolute atomic E-state index is 0.275. The van der Waals surface area contributed by atoms with Gasteiger partial charge in [0.2, 0.25) is 0 Å². The topological polar surface area (TPSA) is 83.1 Å². The fourth-order valence-corrected chi connectivity index (χ4v) is 3.01. The fraction of sp³-hybridized carbons (Fsp3) is 0.588. The Bertz CT molecular complexity index is 522. The molecule has 0 spiro atoms. The number of nitrogens with one attached hydrogen (secondary N) is 2. The molecule has 132 valence electrons. The van der Waals surface area contributed by atoms with Crippen LogP contribution in [0.3, 0.4) is 0 Å². The van der Waals surface area contributed by atoms with Crippen molar-refractivity contribution in [3.63, 3.8) is 0 Å². The second kappa shape index (κ2) is 8.43. The van der Waals surface area contributed by atoms with E-state index in [1.54, 1.807) is 0 Å². The molecule has 2 fully saturated rings. The highest BCUT2D eigenvalue weighted by Gasteiger charge is 2.37. The van der Waals surface area contributed by atoms with E-state index in [1.165, 1.54) is 0 Å². The van der Waals surface area contributed by atoms with E-state index in [4.69, 9.17) is 9.47 Å². The summed E-state index contributed by atoms with van der Waals surface area (Å²) >= 11 is 0. The fourth-order valence-electron chi connectivity index (χ4n) is 3.01. The Labute approximate surface area is 141 Å². The molecule has 3 rings (SSSR count). The van der Waals surface area contributed by atoms with E-state index in [1.807, 2.05) is 30.3 Å². The standard InChI is InChI=1S/C17H25N3O4/c21-16-14(12-24-15(16)11-20-6-8-23-9-7-20)19-17(22)18-10-13-4-2-1-3-5-13/h1-5,14-16,21H,6-12H2,(H2,18,19,22). The lowest BCUT2D eigenvalue weighted by atomic mass is 10.1. The van der Waals surface area contributed by atoms with E-state index in [2.05, 4.69) is 15.5 Å². The molecular weight excluding hydrogens is 310 g/mol. The van der Waals surface area contributed by atoms with Gasteiger partial charge < -0.3 is 25.2 Å². The Morgan fingerprint density at radius 2 is 2.00 bits per heavy atom. The molecule has 0 radical (unpaired) electrons. The molecular formula is C17H25N3O4. The van der Waals surface area contributed by atoms with Gasteiger partial charge >= 0.3 is 6.03 Å². The van der Waals surface area contributed by atoms with Gasteiger partial charge in [0.05, 0.1) is 32.0 Å². The summed E-state index contributed by atoms with van der Waals surface area (Å²) in [6.45, 7) is 4.57. The van der Waals surface area contributed by atoms with Crippen LogP contribution in [0.5, 0.6) is 0 Å². The van der Waals surface area contributed by atoms with Crippen molar-refractivity contribution in [1.29, 1.82) is 0 Å². The highest BCUT2D eigenvalue weighted by molar-refractivity contribution is 5.74. The SMILES string of the molecule is O=C(NCc1ccccc1)NC1COC(CN2CCOCC2)C1O. The summed E-state index contributed by atoms with van der Waals surface area (Å²) in [6, 6.07) is 9.02. The van der Waals surface area contributed by atoms with Crippen molar-refractivity contribution in [3.8, 4) is 0 Å². The first kappa shape index (κ1) is 17.2. The molecule has 3 atom stereocenters. The molecule has 0 aliphatic carbocycles. The number of urea groups is 1. The predicted octanol–water partition coefficient (Wildman–Crippen LogP) is -0.0537. The Balaban J connectivity index is 1.41. The predicted molar refractivity (Wildman–Crippen MR) is 88.6 cm³/mol. The van der Waals surface area contributed by atoms with Crippen molar-refractivity contribution in [1.82, 2.24) is 15.5 Å². The van der Waals surface area contributed by atoms with Gasteiger partial charge in [-0.15, -0.1) is 0 Å². The molecule has 2 aliphatic rings. The van der Waals surface area contributed by atoms with Crippen LogP contribution in [0, 0.1) is 0 Å². The number of hydrogen-bond acceptors (Lipinski definition) is 5. The number of ether oxygens (including phenoxy) is 2. The van der Waals surface area contributed by atoms with E-state index in [0.29, 0.717) is 32.9 Å². The second-order valence-electron chi connectivity index (χ2n) is 6.19. The Hall–Kier alpha value is -1.67. The molecule has 2 amide bonds. The van der Waals surface area contributed by atoms with Gasteiger partial charge in [-0.2, -0.15) is 0 Å². The van der Waals surface area contributed by atoms with E-state index < -0.39 is 6.10 Å². The van der Waals surface area contributed by atoms with Crippen LogP contribution in [0.4, 0.5) is 4.79 Å². The normalized spacial score (nSPS) is 27.8. The number of morpholine rings is 1. The zero-order valence-corrected chi connectivity index (χ0v) is 13.7. The Morgan fingerprint density at radius 1 is 1.25 bits per heavy atom. The minimum Gasteiger partial charge on any atom is -0.388 e. The molecule has 24 heavy (non-hydrogen) atoms. The van der Waals surface area contributed by atoms with Crippen LogP contribution >= 0.6 is 0 Å². The van der Waals surface area contributed by atoms with Crippen molar-refractivity contribution < 1.29 is 19.4 Å². The first-order chi connectivity index (χ1) is 11.7. The molecule has 0 aromatic heterocycles. The molecule has 7 heteroatoms. The lowest BCUT2D eigenvalue weighted by molar-refractivity contribution is -0.0180. The average Bonchev–Trinajstić information content (AvgIpc) is 2.95. The molecule has 0 bridgehead atoms. The van der Waals surface area contributed by atoms with E-state index >= 15 is 0 Å². The minimum atomic E-state index is -0.699. The first-order valence-electron chi connectivity index (χ1n) is 8.40. The average molecular weight is 335 g/mol. The Morgan fingerprint density at radius 3 is 2.75 bits per heavy atom. The third-order valence-corrected chi connectivity index (χ3v) is 4.44. The zero-order valence-electron chi connectivity index (χ0n) is 13.7. The molecule has 7 nitrogen and oxygen atoms in total. The Kier molecular flexibility index (Phi) is 6.03. The van der Waals surface area contributed by atoms with Crippen molar-refractivity contribution in [2.45, 2.75) is 24.8 Å². The highest BCUT2D eigenvalue weighted by atomic mass is 16.5. The molecule has 1 aromatic rings. The number of rotatable bonds is 5. The summed E-state index contributed by atoms with van der Waals surface area (Å²) in [5.41, 5.74) is 1.03. The van der Waals surface area contributed by atoms with Crippen LogP contribution in [-0.2, 0) is 16.0 Å². The van der Waals surface area contributed by atoms with E-state index in [0.717, 1.165) is 18.7 Å². The van der Waals surface area contributed by atoms with Gasteiger partial charge in [0, 0.05) is 26.2 Å². The largest absolute Gasteiger partial charge is 0.388 e. The van der Waals surface area contributed by atoms with Crippen LogP contribution in [0.2, 0.25) is 0 Å². The summed E-state index contributed by atoms with van der Waals surface area (Å²) in [5, 5.41) is 16.0. The monoisotopic (exact) mass is 335 g/mol. The summed E-state index contributed by atoms with van der Waals surface area (Å²) in [6.07, 6.45) is -0.974. The third kappa shape index (κ3) is 4.67. The van der Waals surface area contributed by atoms with Crippen molar-refractivity contribution in [3.05, 3.63) is 35.9 Å². The number of hydrogen-bond donors (Lipinski definition) is 3. The molecule has 3 N–H and O–H groups in total. The van der Waals surface area contributed by atoms with Gasteiger partial charge in [-0.3, -0.25) is 4.90 Å². The summed E-state index contributed by atoms with van der Waals surface area (Å²) < 4.78 is 11.0. The first-order valence-corrected chi connectivity index (χ1v) is 8.40. The number of carbonyl (C=O) groups is 1. The second-order valence-corrected chi connectivity index (χ2v) is 6.19. The number of nitrogens with zero attached hydrogens (tertiary/aromatic N) is 1. The maximum atomic E-state index is 12.0. The van der Waals surface area contributed by atoms with Gasteiger partial charge in [0.15, 0.2) is 0 Å². The van der Waals surface area contributed by atoms with Gasteiger partial charge in [-0.25, -0.2) is 4.79 Å². The smallest absolute Gasteiger partial charge is 0.315 e. The van der Waals surface area contributed by atoms with Gasteiger partial charge in [0.1, 0.15) is 6.10 Å². The van der Waals surface area contributed by atoms with Crippen molar-refractivity contribution in [2.75, 3.05) is 39.5 Å². The van der Waals surface area contributed by atoms with Crippen LogP contribution in [0.1, 0.15) is 5.56 Å². The van der Waals surface area contributed by atoms with Crippen LogP contribution in [0.25, 0.3) is 0 Å². The summed E-state index contributed by atoms with van der Waals surface area (Å²) in [7, 11) is 0. The number of benzene rings is 1. The van der Waals surface area contributed by atoms with Gasteiger partial charge in [0.25, 0.3) is 0 Å². The van der Waals surface area contributed by atoms with Crippen LogP contribution < -0.4 is 10.6 Å². The number of amides is 2. The van der Waals surface area contributed by atoms with Crippen molar-refractivity contribution in [2.24, 2.45) is 0 Å². The quantitative estimate of drug-likeness (QED) is 0.703. The van der Waals surface area contributed by atoms with Crippen LogP contribution in [0.15, 0.2) is 30.3 Å². The summed E-state index contributed by atoms with van der Waals surface area (Å²) in [5.74, 6) is 0. The van der Waals surface area contributed by atoms with Gasteiger partial charge in [-0.05, 0) is 5.56 Å². The maximum absolute atomic E-state index is 12.0. The third-order valence-electron chi connectivity index (χ3n) is 4.44. The molecule has 2 aliphatic heterocycles. The molecule has 3 unspecified atom stereocenters. The highest BCUT2D eigenvalue weighted by Crippen LogP contribution is 2.16. The molecule has 0 saturated carbocycles. The van der Waals surface area contributed by atoms with Crippen molar-refractivity contribution >= 4 is 6.03 Å². The zero-order chi connectivity index (χ0) is 16.8. The number of carbonyl (C=O) groups excluding carboxylic acids is 1. The molecule has 2 saturated heterocycles. The van der Waals surface area contributed by atoms with Gasteiger partial charge in [-0.1, -0.05) is 30.3 Å². The maximum Gasteiger partial charge on any atom is 0.315 e.